The number of carboxylic acid groups (broad SMARTS) is 1. The lowest BCUT2D eigenvalue weighted by molar-refractivity contribution is -0.145. The van der Waals surface area contributed by atoms with Crippen LogP contribution >= 0.6 is 0 Å². The maximum absolute atomic E-state index is 14.4. The second-order valence-electron chi connectivity index (χ2n) is 20.5. The third-order valence-corrected chi connectivity index (χ3v) is 13.3. The minimum absolute atomic E-state index is 0.00308. The molecule has 12 amide bonds. The molecule has 0 saturated carbocycles. The van der Waals surface area contributed by atoms with Crippen LogP contribution < -0.4 is 65.5 Å². The number of rotatable bonds is 32. The van der Waals surface area contributed by atoms with Gasteiger partial charge in [0, 0.05) is 42.9 Å². The summed E-state index contributed by atoms with van der Waals surface area (Å²) in [6.45, 7) is 4.88. The monoisotopic (exact) mass is 1160 g/mol. The SMILES string of the molecule is CC(C)C[C@H](NC(=O)[C@@H](N)CCC(=O)O)C(=O)N[C@@H](CC(N)=O)C(=O)N[C@@H](Cc1ccccc1)C(=O)N[C@H](C(=O)N1CCC[C@H]1C(=O)N[C@@H](C(N)=O)C(=O)N[C@@H](Cc1c[nH]c2ccccc12)C(=O)NCC(=O)N[C@H](C(N)=O)[C@@H](C)O)[C@@H](C)O. The number of para-hydroxylation sites is 1. The van der Waals surface area contributed by atoms with Crippen molar-refractivity contribution in [3.8, 4) is 0 Å². The summed E-state index contributed by atoms with van der Waals surface area (Å²) in [6, 6.07) is 0.478. The first-order valence-corrected chi connectivity index (χ1v) is 26.6. The number of fused-ring (bicyclic) bond motifs is 1. The zero-order chi connectivity index (χ0) is 61.8. The number of carbonyl (C=O) groups excluding carboxylic acids is 12. The molecule has 1 aromatic heterocycles. The lowest BCUT2D eigenvalue weighted by Gasteiger charge is -2.32. The number of aliphatic hydroxyl groups is 2. The predicted molar refractivity (Wildman–Crippen MR) is 293 cm³/mol. The van der Waals surface area contributed by atoms with Crippen LogP contribution in [0.4, 0.5) is 0 Å². The van der Waals surface area contributed by atoms with Crippen molar-refractivity contribution in [1.82, 2.24) is 52.4 Å². The first-order valence-electron chi connectivity index (χ1n) is 26.6. The van der Waals surface area contributed by atoms with Gasteiger partial charge in [-0.25, -0.2) is 0 Å². The summed E-state index contributed by atoms with van der Waals surface area (Å²) >= 11 is 0. The number of H-pyrrole nitrogens is 1. The molecular weight excluding hydrogens is 1090 g/mol. The van der Waals surface area contributed by atoms with Gasteiger partial charge in [-0.3, -0.25) is 62.3 Å². The molecule has 1 fully saturated rings. The molecular formula is C53H74N14O16. The molecule has 20 N–H and O–H groups in total. The smallest absolute Gasteiger partial charge is 0.303 e. The number of aliphatic hydroxyl groups excluding tert-OH is 2. The Hall–Kier alpha value is -9.03. The Labute approximate surface area is 476 Å². The fourth-order valence-electron chi connectivity index (χ4n) is 8.96. The third-order valence-electron chi connectivity index (χ3n) is 13.3. The fourth-order valence-corrected chi connectivity index (χ4v) is 8.96. The van der Waals surface area contributed by atoms with Crippen LogP contribution in [0.2, 0.25) is 0 Å². The second kappa shape index (κ2) is 31.3. The lowest BCUT2D eigenvalue weighted by Crippen LogP contribution is -2.63. The van der Waals surface area contributed by atoms with Gasteiger partial charge in [0.2, 0.25) is 65.0 Å². The molecule has 30 heteroatoms. The van der Waals surface area contributed by atoms with Crippen LogP contribution in [0.1, 0.15) is 77.3 Å². The van der Waals surface area contributed by atoms with Crippen molar-refractivity contribution in [3.05, 3.63) is 71.9 Å². The molecule has 83 heavy (non-hydrogen) atoms. The summed E-state index contributed by atoms with van der Waals surface area (Å²) in [7, 11) is 0. The number of nitrogens with two attached hydrogens (primary N) is 4. The van der Waals surface area contributed by atoms with Gasteiger partial charge in [0.15, 0.2) is 6.04 Å². The van der Waals surface area contributed by atoms with Crippen molar-refractivity contribution in [2.45, 2.75) is 146 Å². The number of amides is 12. The van der Waals surface area contributed by atoms with Crippen LogP contribution in [0.3, 0.4) is 0 Å². The predicted octanol–water partition coefficient (Wildman–Crippen LogP) is -5.70. The molecule has 452 valence electrons. The van der Waals surface area contributed by atoms with E-state index in [0.717, 1.165) is 11.8 Å². The van der Waals surface area contributed by atoms with Gasteiger partial charge in [-0.2, -0.15) is 0 Å². The third kappa shape index (κ3) is 20.2. The Morgan fingerprint density at radius 2 is 1.23 bits per heavy atom. The summed E-state index contributed by atoms with van der Waals surface area (Å²) in [4.78, 5) is 176. The van der Waals surface area contributed by atoms with Crippen LogP contribution in [0.15, 0.2) is 60.8 Å². The maximum Gasteiger partial charge on any atom is 0.303 e. The molecule has 1 aliphatic heterocycles. The molecule has 3 aromatic rings. The van der Waals surface area contributed by atoms with Gasteiger partial charge in [0.25, 0.3) is 5.91 Å². The van der Waals surface area contributed by atoms with Crippen LogP contribution in [0.5, 0.6) is 0 Å². The lowest BCUT2D eigenvalue weighted by atomic mass is 10.0. The van der Waals surface area contributed by atoms with Crippen molar-refractivity contribution in [1.29, 1.82) is 0 Å². The number of carbonyl (C=O) groups is 13. The number of benzene rings is 2. The zero-order valence-corrected chi connectivity index (χ0v) is 46.2. The Morgan fingerprint density at radius 3 is 1.83 bits per heavy atom. The van der Waals surface area contributed by atoms with E-state index < -0.39 is 163 Å². The van der Waals surface area contributed by atoms with Crippen molar-refractivity contribution < 1.29 is 77.6 Å². The van der Waals surface area contributed by atoms with E-state index in [9.17, 15) is 72.5 Å². The molecule has 4 rings (SSSR count). The molecule has 2 aromatic carbocycles. The number of hydrogen-bond acceptors (Lipinski definition) is 16. The highest BCUT2D eigenvalue weighted by Gasteiger charge is 2.43. The molecule has 0 radical (unpaired) electrons. The first-order chi connectivity index (χ1) is 39.1. The Balaban J connectivity index is 1.54. The first kappa shape index (κ1) is 66.5. The topological polar surface area (TPSA) is 502 Å². The number of aromatic amines is 1. The number of hydrogen-bond donors (Lipinski definition) is 16. The van der Waals surface area contributed by atoms with Gasteiger partial charge in [-0.15, -0.1) is 0 Å². The fraction of sp³-hybridized carbons (Fsp3) is 0.491. The Morgan fingerprint density at radius 1 is 0.651 bits per heavy atom. The van der Waals surface area contributed by atoms with E-state index in [1.54, 1.807) is 74.6 Å². The highest BCUT2D eigenvalue weighted by atomic mass is 16.4. The Bertz CT molecular complexity index is 2860. The summed E-state index contributed by atoms with van der Waals surface area (Å²) in [5.41, 5.74) is 23.8. The van der Waals surface area contributed by atoms with E-state index >= 15 is 0 Å². The standard InChI is InChI=1S/C53H74N14O16/c1-25(2)19-33(60-46(76)31(54)16-17-40(72)73)48(78)62-36(22-38(55)70)49(79)61-34(20-28-11-6-5-7-12-28)50(80)65-42(27(4)69)53(83)67-18-10-15-37(67)51(81)66-43(45(57)75)52(82)63-35(21-29-23-58-32-14-9-8-13-30(29)32)47(77)59-24-39(71)64-41(26(3)68)44(56)74/h5-9,11-14,23,25-27,31,33-37,41-43,58,68-69H,10,15-22,24,54H2,1-4H3,(H2,55,70)(H2,56,74)(H2,57,75)(H,59,77)(H,60,76)(H,61,79)(H,62,78)(H,63,82)(H,64,71)(H,65,80)(H,66,81)(H,72,73)/t26-,27-,31+,33+,34+,35+,36+,37+,41+,42+,43+/m1/s1. The minimum atomic E-state index is -2.18. The van der Waals surface area contributed by atoms with E-state index in [1.165, 1.54) is 6.92 Å². The maximum atomic E-state index is 14.4. The molecule has 11 atom stereocenters. The average molecular weight is 1160 g/mol. The summed E-state index contributed by atoms with van der Waals surface area (Å²) in [6.07, 6.45) is -3.47. The molecule has 0 bridgehead atoms. The quantitative estimate of drug-likeness (QED) is 0.0259. The highest BCUT2D eigenvalue weighted by molar-refractivity contribution is 6.08. The molecule has 0 unspecified atom stereocenters. The highest BCUT2D eigenvalue weighted by Crippen LogP contribution is 2.22. The van der Waals surface area contributed by atoms with Crippen molar-refractivity contribution in [2.75, 3.05) is 13.1 Å². The number of likely N-dealkylation sites (tertiary alicyclic amines) is 1. The van der Waals surface area contributed by atoms with Crippen LogP contribution in [-0.2, 0) is 75.2 Å². The van der Waals surface area contributed by atoms with Gasteiger partial charge in [-0.1, -0.05) is 62.4 Å². The zero-order valence-electron chi connectivity index (χ0n) is 46.2. The normalized spacial score (nSPS) is 16.6. The van der Waals surface area contributed by atoms with E-state index in [0.29, 0.717) is 22.0 Å². The number of nitrogens with zero attached hydrogens (tertiary/aromatic N) is 1. The summed E-state index contributed by atoms with van der Waals surface area (Å²) in [5.74, 6) is -14.3. The Kier molecular flexibility index (Phi) is 25.0. The average Bonchev–Trinajstić information content (AvgIpc) is 4.29. The number of carboxylic acids is 1. The molecule has 30 nitrogen and oxygen atoms in total. The summed E-state index contributed by atoms with van der Waals surface area (Å²) in [5, 5.41) is 49.4. The number of primary amides is 3. The molecule has 1 aliphatic rings. The van der Waals surface area contributed by atoms with E-state index in [1.807, 2.05) is 0 Å². The number of nitrogens with one attached hydrogen (secondary N) is 9. The largest absolute Gasteiger partial charge is 0.481 e. The van der Waals surface area contributed by atoms with Gasteiger partial charge in [-0.05, 0) is 62.6 Å². The van der Waals surface area contributed by atoms with Gasteiger partial charge >= 0.3 is 5.97 Å². The van der Waals surface area contributed by atoms with Crippen LogP contribution in [0.25, 0.3) is 10.9 Å². The van der Waals surface area contributed by atoms with Crippen LogP contribution in [0, 0.1) is 5.92 Å². The van der Waals surface area contributed by atoms with Crippen molar-refractivity contribution in [3.63, 3.8) is 0 Å². The summed E-state index contributed by atoms with van der Waals surface area (Å²) < 4.78 is 0. The minimum Gasteiger partial charge on any atom is -0.481 e. The number of aromatic nitrogens is 1. The van der Waals surface area contributed by atoms with Gasteiger partial charge < -0.3 is 90.7 Å². The molecule has 2 heterocycles. The second-order valence-corrected chi connectivity index (χ2v) is 20.5. The van der Waals surface area contributed by atoms with Crippen molar-refractivity contribution >= 4 is 87.8 Å². The van der Waals surface area contributed by atoms with E-state index in [4.69, 9.17) is 28.0 Å². The number of aliphatic carboxylic acids is 1. The van der Waals surface area contributed by atoms with Crippen molar-refractivity contribution in [2.24, 2.45) is 28.9 Å². The molecule has 0 spiro atoms. The molecule has 1 saturated heterocycles. The molecule has 0 aliphatic carbocycles. The van der Waals surface area contributed by atoms with Crippen LogP contribution in [-0.4, -0.2) is 182 Å². The van der Waals surface area contributed by atoms with Gasteiger partial charge in [0.05, 0.1) is 31.2 Å². The van der Waals surface area contributed by atoms with Gasteiger partial charge in [0.1, 0.15) is 42.3 Å². The van der Waals surface area contributed by atoms with E-state index in [-0.39, 0.29) is 51.0 Å². The van der Waals surface area contributed by atoms with E-state index in [2.05, 4.69) is 47.5 Å².